The highest BCUT2D eigenvalue weighted by atomic mass is 19.1. The van der Waals surface area contributed by atoms with E-state index in [1.807, 2.05) is 6.07 Å². The van der Waals surface area contributed by atoms with Crippen LogP contribution in [0, 0.1) is 17.1 Å². The molecule has 96 valence electrons. The van der Waals surface area contributed by atoms with Crippen LogP contribution in [0.5, 0.6) is 0 Å². The molecule has 1 aliphatic rings. The van der Waals surface area contributed by atoms with Crippen molar-refractivity contribution >= 4 is 5.69 Å². The standard InChI is InChI=1S/C13H15FN2O2/c1-9(17)10-2-3-13(12(14)6-10)16-4-5-18-11(7-15)8-16/h2-3,6,9,11,17H,4-5,8H2,1H3. The van der Waals surface area contributed by atoms with Gasteiger partial charge in [-0.1, -0.05) is 6.07 Å². The number of nitrogens with zero attached hydrogens (tertiary/aromatic N) is 2. The Morgan fingerprint density at radius 1 is 1.61 bits per heavy atom. The number of anilines is 1. The van der Waals surface area contributed by atoms with Gasteiger partial charge >= 0.3 is 0 Å². The molecule has 0 amide bonds. The van der Waals surface area contributed by atoms with Crippen LogP contribution in [0.25, 0.3) is 0 Å². The van der Waals surface area contributed by atoms with Crippen molar-refractivity contribution in [1.82, 2.24) is 0 Å². The van der Waals surface area contributed by atoms with Gasteiger partial charge in [0.1, 0.15) is 5.82 Å². The van der Waals surface area contributed by atoms with E-state index in [0.29, 0.717) is 30.9 Å². The van der Waals surface area contributed by atoms with E-state index in [0.717, 1.165) is 0 Å². The van der Waals surface area contributed by atoms with Crippen molar-refractivity contribution in [2.75, 3.05) is 24.6 Å². The molecule has 2 unspecified atom stereocenters. The predicted molar refractivity (Wildman–Crippen MR) is 64.6 cm³/mol. The quantitative estimate of drug-likeness (QED) is 0.866. The Hall–Kier alpha value is -1.64. The second kappa shape index (κ2) is 5.34. The number of nitriles is 1. The average molecular weight is 250 g/mol. The fourth-order valence-electron chi connectivity index (χ4n) is 1.99. The number of morpholine rings is 1. The predicted octanol–water partition coefficient (Wildman–Crippen LogP) is 1.61. The topological polar surface area (TPSA) is 56.5 Å². The van der Waals surface area contributed by atoms with Crippen molar-refractivity contribution in [2.24, 2.45) is 0 Å². The summed E-state index contributed by atoms with van der Waals surface area (Å²) in [5, 5.41) is 18.2. The summed E-state index contributed by atoms with van der Waals surface area (Å²) in [6, 6.07) is 6.69. The second-order valence-corrected chi connectivity index (χ2v) is 4.32. The van der Waals surface area contributed by atoms with Crippen molar-refractivity contribution in [3.63, 3.8) is 0 Å². The van der Waals surface area contributed by atoms with E-state index in [4.69, 9.17) is 10.00 Å². The summed E-state index contributed by atoms with van der Waals surface area (Å²) in [6.45, 7) is 2.93. The van der Waals surface area contributed by atoms with Crippen molar-refractivity contribution in [3.8, 4) is 6.07 Å². The first kappa shape index (κ1) is 12.8. The maximum absolute atomic E-state index is 13.9. The number of benzene rings is 1. The van der Waals surface area contributed by atoms with Gasteiger partial charge in [-0.3, -0.25) is 0 Å². The SMILES string of the molecule is CC(O)c1ccc(N2CCOC(C#N)C2)c(F)c1. The van der Waals surface area contributed by atoms with Crippen molar-refractivity contribution in [3.05, 3.63) is 29.6 Å². The highest BCUT2D eigenvalue weighted by Crippen LogP contribution is 2.25. The molecule has 2 atom stereocenters. The zero-order valence-corrected chi connectivity index (χ0v) is 10.1. The van der Waals surface area contributed by atoms with Crippen LogP contribution in [-0.2, 0) is 4.74 Å². The molecule has 1 aromatic rings. The highest BCUT2D eigenvalue weighted by molar-refractivity contribution is 5.50. The van der Waals surface area contributed by atoms with E-state index in [1.54, 1.807) is 24.0 Å². The van der Waals surface area contributed by atoms with Gasteiger partial charge in [-0.2, -0.15) is 5.26 Å². The smallest absolute Gasteiger partial charge is 0.161 e. The molecule has 0 bridgehead atoms. The average Bonchev–Trinajstić information content (AvgIpc) is 2.38. The van der Waals surface area contributed by atoms with E-state index >= 15 is 0 Å². The highest BCUT2D eigenvalue weighted by Gasteiger charge is 2.22. The van der Waals surface area contributed by atoms with Crippen LogP contribution in [-0.4, -0.2) is 30.9 Å². The van der Waals surface area contributed by atoms with Gasteiger partial charge in [-0.25, -0.2) is 4.39 Å². The van der Waals surface area contributed by atoms with Crippen LogP contribution in [0.15, 0.2) is 18.2 Å². The normalized spacial score (nSPS) is 21.4. The summed E-state index contributed by atoms with van der Waals surface area (Å²) in [6.07, 6.45) is -1.21. The Morgan fingerprint density at radius 3 is 3.00 bits per heavy atom. The molecule has 1 aliphatic heterocycles. The fraction of sp³-hybridized carbons (Fsp3) is 0.462. The summed E-state index contributed by atoms with van der Waals surface area (Å²) in [5.74, 6) is -0.382. The minimum atomic E-state index is -0.690. The maximum Gasteiger partial charge on any atom is 0.161 e. The zero-order valence-electron chi connectivity index (χ0n) is 10.1. The maximum atomic E-state index is 13.9. The minimum absolute atomic E-state index is 0.363. The number of aliphatic hydroxyl groups excluding tert-OH is 1. The van der Waals surface area contributed by atoms with Gasteiger partial charge in [-0.05, 0) is 24.6 Å². The summed E-state index contributed by atoms with van der Waals surface area (Å²) < 4.78 is 19.2. The Kier molecular flexibility index (Phi) is 3.80. The van der Waals surface area contributed by atoms with Crippen LogP contribution in [0.1, 0.15) is 18.6 Å². The van der Waals surface area contributed by atoms with Gasteiger partial charge in [0, 0.05) is 6.54 Å². The van der Waals surface area contributed by atoms with E-state index < -0.39 is 12.2 Å². The second-order valence-electron chi connectivity index (χ2n) is 4.32. The van der Waals surface area contributed by atoms with Gasteiger partial charge in [0.15, 0.2) is 6.10 Å². The zero-order chi connectivity index (χ0) is 13.1. The van der Waals surface area contributed by atoms with Gasteiger partial charge in [0.25, 0.3) is 0 Å². The fourth-order valence-corrected chi connectivity index (χ4v) is 1.99. The Balaban J connectivity index is 2.21. The Bertz CT molecular complexity index is 471. The summed E-state index contributed by atoms with van der Waals surface area (Å²) in [7, 11) is 0. The van der Waals surface area contributed by atoms with Crippen molar-refractivity contribution in [2.45, 2.75) is 19.1 Å². The molecular formula is C13H15FN2O2. The van der Waals surface area contributed by atoms with E-state index in [9.17, 15) is 9.50 Å². The molecule has 1 saturated heterocycles. The van der Waals surface area contributed by atoms with E-state index in [-0.39, 0.29) is 5.82 Å². The Labute approximate surface area is 105 Å². The molecule has 2 rings (SSSR count). The molecule has 0 aromatic heterocycles. The first-order valence-electron chi connectivity index (χ1n) is 5.85. The molecule has 4 nitrogen and oxygen atoms in total. The molecule has 1 N–H and O–H groups in total. The lowest BCUT2D eigenvalue weighted by molar-refractivity contribution is 0.0762. The molecule has 1 fully saturated rings. The molecule has 1 aromatic carbocycles. The molecule has 5 heteroatoms. The molecule has 0 saturated carbocycles. The third-order valence-electron chi connectivity index (χ3n) is 3.01. The number of aliphatic hydroxyl groups is 1. The lowest BCUT2D eigenvalue weighted by Gasteiger charge is -2.32. The molecule has 0 radical (unpaired) electrons. The third-order valence-corrected chi connectivity index (χ3v) is 3.01. The molecule has 18 heavy (non-hydrogen) atoms. The summed E-state index contributed by atoms with van der Waals surface area (Å²) in [4.78, 5) is 1.79. The van der Waals surface area contributed by atoms with Gasteiger partial charge in [0.2, 0.25) is 0 Å². The molecule has 0 aliphatic carbocycles. The van der Waals surface area contributed by atoms with Crippen LogP contribution in [0.3, 0.4) is 0 Å². The largest absolute Gasteiger partial charge is 0.389 e. The number of halogens is 1. The van der Waals surface area contributed by atoms with Crippen LogP contribution in [0.2, 0.25) is 0 Å². The molecule has 0 spiro atoms. The number of hydrogen-bond acceptors (Lipinski definition) is 4. The lowest BCUT2D eigenvalue weighted by atomic mass is 10.1. The monoisotopic (exact) mass is 250 g/mol. The number of ether oxygens (including phenoxy) is 1. The van der Waals surface area contributed by atoms with Crippen molar-refractivity contribution < 1.29 is 14.2 Å². The Morgan fingerprint density at radius 2 is 2.39 bits per heavy atom. The third kappa shape index (κ3) is 2.61. The summed E-state index contributed by atoms with van der Waals surface area (Å²) >= 11 is 0. The van der Waals surface area contributed by atoms with Gasteiger partial charge in [-0.15, -0.1) is 0 Å². The van der Waals surface area contributed by atoms with Crippen LogP contribution >= 0.6 is 0 Å². The van der Waals surface area contributed by atoms with Crippen LogP contribution in [0.4, 0.5) is 10.1 Å². The van der Waals surface area contributed by atoms with Gasteiger partial charge < -0.3 is 14.7 Å². The van der Waals surface area contributed by atoms with Gasteiger partial charge in [0.05, 0.1) is 31.0 Å². The minimum Gasteiger partial charge on any atom is -0.389 e. The first-order valence-corrected chi connectivity index (χ1v) is 5.85. The number of hydrogen-bond donors (Lipinski definition) is 1. The van der Waals surface area contributed by atoms with E-state index in [1.165, 1.54) is 6.07 Å². The van der Waals surface area contributed by atoms with Crippen molar-refractivity contribution in [1.29, 1.82) is 5.26 Å². The van der Waals surface area contributed by atoms with E-state index in [2.05, 4.69) is 0 Å². The lowest BCUT2D eigenvalue weighted by Crippen LogP contribution is -2.42. The molecule has 1 heterocycles. The summed E-state index contributed by atoms with van der Waals surface area (Å²) in [5.41, 5.74) is 0.990. The first-order chi connectivity index (χ1) is 8.61. The number of rotatable bonds is 2. The molecular weight excluding hydrogens is 235 g/mol. The van der Waals surface area contributed by atoms with Crippen LogP contribution < -0.4 is 4.90 Å².